The molecule has 0 bridgehead atoms. The van der Waals surface area contributed by atoms with E-state index in [-0.39, 0.29) is 27.7 Å². The number of rotatable bonds is 6. The molecule has 3 rings (SSSR count). The number of halogens is 5. The number of aromatic nitrogens is 2. The van der Waals surface area contributed by atoms with Crippen molar-refractivity contribution in [1.29, 1.82) is 0 Å². The molecular formula is C20H15ClF4N4O3S. The maximum absolute atomic E-state index is 13.4. The highest BCUT2D eigenvalue weighted by Crippen LogP contribution is 2.40. The van der Waals surface area contributed by atoms with Gasteiger partial charge in [-0.2, -0.15) is 17.6 Å². The fraction of sp³-hybridized carbons (Fsp3) is 0.150. The van der Waals surface area contributed by atoms with Crippen molar-refractivity contribution in [3.63, 3.8) is 0 Å². The normalized spacial score (nSPS) is 12.4. The van der Waals surface area contributed by atoms with E-state index in [4.69, 9.17) is 16.3 Å². The van der Waals surface area contributed by atoms with Crippen LogP contribution in [0.1, 0.15) is 21.6 Å². The summed E-state index contributed by atoms with van der Waals surface area (Å²) in [5, 5.41) is 1.87. The molecular weight excluding hydrogens is 488 g/mol. The maximum Gasteiger partial charge on any atom is 0.417 e. The van der Waals surface area contributed by atoms with E-state index >= 15 is 0 Å². The van der Waals surface area contributed by atoms with Crippen LogP contribution in [0.15, 0.2) is 47.6 Å². The SMILES string of the molecule is CN[S@+]([O-])c1cc(NC(=O)c2cc(Cl)c(C(F)(F)F)cc2Oc2ccc(F)nc2C)ccn1. The second-order valence-electron chi connectivity index (χ2n) is 6.46. The van der Waals surface area contributed by atoms with Gasteiger partial charge in [0.25, 0.3) is 10.9 Å². The molecule has 2 aromatic heterocycles. The Morgan fingerprint density at radius 3 is 2.55 bits per heavy atom. The number of hydrogen-bond acceptors (Lipinski definition) is 6. The zero-order chi connectivity index (χ0) is 24.3. The summed E-state index contributed by atoms with van der Waals surface area (Å²) in [5.74, 6) is -2.21. The van der Waals surface area contributed by atoms with Crippen molar-refractivity contribution in [3.05, 3.63) is 70.4 Å². The second-order valence-corrected chi connectivity index (χ2v) is 8.23. The lowest BCUT2D eigenvalue weighted by atomic mass is 10.1. The molecule has 0 unspecified atom stereocenters. The van der Waals surface area contributed by atoms with Crippen LogP contribution in [0.2, 0.25) is 5.02 Å². The van der Waals surface area contributed by atoms with Crippen molar-refractivity contribution in [2.24, 2.45) is 0 Å². The minimum absolute atomic E-state index is 0.0539. The molecule has 0 aliphatic rings. The van der Waals surface area contributed by atoms with Gasteiger partial charge in [-0.3, -0.25) is 4.79 Å². The Morgan fingerprint density at radius 1 is 1.18 bits per heavy atom. The maximum atomic E-state index is 13.4. The first kappa shape index (κ1) is 24.7. The van der Waals surface area contributed by atoms with E-state index in [2.05, 4.69) is 20.0 Å². The first-order chi connectivity index (χ1) is 15.5. The highest BCUT2D eigenvalue weighted by Gasteiger charge is 2.35. The zero-order valence-corrected chi connectivity index (χ0v) is 18.5. The molecule has 0 saturated heterocycles. The van der Waals surface area contributed by atoms with Gasteiger partial charge < -0.3 is 14.6 Å². The number of nitrogens with zero attached hydrogens (tertiary/aromatic N) is 2. The summed E-state index contributed by atoms with van der Waals surface area (Å²) in [7, 11) is 1.45. The third kappa shape index (κ3) is 5.90. The highest BCUT2D eigenvalue weighted by molar-refractivity contribution is 7.89. The minimum Gasteiger partial charge on any atom is -0.592 e. The molecule has 2 N–H and O–H groups in total. The first-order valence-electron chi connectivity index (χ1n) is 9.08. The Hall–Kier alpha value is -2.93. The van der Waals surface area contributed by atoms with Crippen LogP contribution < -0.4 is 14.8 Å². The summed E-state index contributed by atoms with van der Waals surface area (Å²) in [4.78, 5) is 20.4. The lowest BCUT2D eigenvalue weighted by molar-refractivity contribution is -0.137. The minimum atomic E-state index is -4.82. The monoisotopic (exact) mass is 502 g/mol. The third-order valence-corrected chi connectivity index (χ3v) is 5.50. The van der Waals surface area contributed by atoms with Gasteiger partial charge in [0.1, 0.15) is 11.5 Å². The average molecular weight is 503 g/mol. The Labute approximate surface area is 193 Å². The summed E-state index contributed by atoms with van der Waals surface area (Å²) in [5.41, 5.74) is -1.32. The van der Waals surface area contributed by atoms with Gasteiger partial charge in [0.2, 0.25) is 5.95 Å². The Morgan fingerprint density at radius 2 is 1.91 bits per heavy atom. The van der Waals surface area contributed by atoms with E-state index in [0.717, 1.165) is 12.1 Å². The standard InChI is InChI=1S/C20H15ClF4N4O3S/c1-10-15(3-4-17(22)28-10)32-16-9-13(20(23,24)25)14(21)8-12(16)19(30)29-11-5-6-27-18(7-11)33(31)26-2/h3-9,26H,1-2H3,(H,27,29,30)/t33-/m1/s1. The molecule has 33 heavy (non-hydrogen) atoms. The predicted octanol–water partition coefficient (Wildman–Crippen LogP) is 4.88. The van der Waals surface area contributed by atoms with Crippen LogP contribution in [0.25, 0.3) is 0 Å². The van der Waals surface area contributed by atoms with Crippen LogP contribution in [0, 0.1) is 12.9 Å². The molecule has 174 valence electrons. The van der Waals surface area contributed by atoms with Crippen molar-refractivity contribution in [1.82, 2.24) is 14.7 Å². The molecule has 1 atom stereocenters. The molecule has 0 aliphatic heterocycles. The predicted molar refractivity (Wildman–Crippen MR) is 113 cm³/mol. The van der Waals surface area contributed by atoms with Gasteiger partial charge in [-0.05, 0) is 37.3 Å². The summed E-state index contributed by atoms with van der Waals surface area (Å²) in [6.07, 6.45) is -3.53. The highest BCUT2D eigenvalue weighted by atomic mass is 35.5. The van der Waals surface area contributed by atoms with Crippen LogP contribution in [0.5, 0.6) is 11.5 Å². The number of amides is 1. The van der Waals surface area contributed by atoms with Crippen molar-refractivity contribution in [3.8, 4) is 11.5 Å². The summed E-state index contributed by atoms with van der Waals surface area (Å²) in [6.45, 7) is 1.39. The number of nitrogens with one attached hydrogen (secondary N) is 2. The van der Waals surface area contributed by atoms with Gasteiger partial charge in [-0.15, -0.1) is 4.72 Å². The Kier molecular flexibility index (Phi) is 7.42. The number of ether oxygens (including phenoxy) is 1. The molecule has 1 amide bonds. The van der Waals surface area contributed by atoms with Crippen LogP contribution in [-0.2, 0) is 17.5 Å². The fourth-order valence-corrected chi connectivity index (χ4v) is 3.54. The molecule has 2 heterocycles. The van der Waals surface area contributed by atoms with Gasteiger partial charge >= 0.3 is 6.18 Å². The van der Waals surface area contributed by atoms with Crippen molar-refractivity contribution < 1.29 is 31.6 Å². The van der Waals surface area contributed by atoms with Crippen molar-refractivity contribution >= 4 is 34.6 Å². The second kappa shape index (κ2) is 9.91. The summed E-state index contributed by atoms with van der Waals surface area (Å²) < 4.78 is 73.3. The van der Waals surface area contributed by atoms with E-state index in [1.807, 2.05) is 0 Å². The smallest absolute Gasteiger partial charge is 0.417 e. The fourth-order valence-electron chi connectivity index (χ4n) is 2.67. The van der Waals surface area contributed by atoms with Crippen LogP contribution in [0.4, 0.5) is 23.2 Å². The molecule has 0 spiro atoms. The number of aryl methyl sites for hydroxylation is 1. The molecule has 13 heteroatoms. The molecule has 0 saturated carbocycles. The number of alkyl halides is 3. The zero-order valence-electron chi connectivity index (χ0n) is 17.0. The largest absolute Gasteiger partial charge is 0.592 e. The molecule has 3 aromatic rings. The molecule has 7 nitrogen and oxygen atoms in total. The number of hydrogen-bond donors (Lipinski definition) is 2. The quantitative estimate of drug-likeness (QED) is 0.283. The molecule has 0 fully saturated rings. The summed E-state index contributed by atoms with van der Waals surface area (Å²) in [6, 6.07) is 6.25. The van der Waals surface area contributed by atoms with E-state index in [9.17, 15) is 26.9 Å². The van der Waals surface area contributed by atoms with Gasteiger partial charge in [-0.25, -0.2) is 9.97 Å². The summed E-state index contributed by atoms with van der Waals surface area (Å²) >= 11 is 4.16. The topological polar surface area (TPSA) is 99.2 Å². The lowest BCUT2D eigenvalue weighted by Crippen LogP contribution is -2.20. The Bertz CT molecular complexity index is 1200. The third-order valence-electron chi connectivity index (χ3n) is 4.21. The number of anilines is 1. The van der Waals surface area contributed by atoms with Crippen molar-refractivity contribution in [2.75, 3.05) is 12.4 Å². The van der Waals surface area contributed by atoms with Crippen LogP contribution >= 0.6 is 11.6 Å². The number of carbonyl (C=O) groups excluding carboxylic acids is 1. The van der Waals surface area contributed by atoms with Gasteiger partial charge in [-0.1, -0.05) is 11.6 Å². The van der Waals surface area contributed by atoms with Gasteiger partial charge in [0.15, 0.2) is 0 Å². The van der Waals surface area contributed by atoms with E-state index in [0.29, 0.717) is 6.07 Å². The molecule has 0 aliphatic carbocycles. The number of benzene rings is 1. The van der Waals surface area contributed by atoms with E-state index in [1.54, 1.807) is 0 Å². The van der Waals surface area contributed by atoms with E-state index < -0.39 is 45.7 Å². The van der Waals surface area contributed by atoms with Gasteiger partial charge in [0, 0.05) is 25.0 Å². The lowest BCUT2D eigenvalue weighted by Gasteiger charge is -2.17. The van der Waals surface area contributed by atoms with Crippen LogP contribution in [-0.4, -0.2) is 27.5 Å². The number of carbonyl (C=O) groups is 1. The molecule has 0 radical (unpaired) electrons. The first-order valence-corrected chi connectivity index (χ1v) is 10.6. The average Bonchev–Trinajstić information content (AvgIpc) is 2.75. The number of pyridine rings is 2. The van der Waals surface area contributed by atoms with Gasteiger partial charge in [0.05, 0.1) is 33.2 Å². The van der Waals surface area contributed by atoms with Crippen molar-refractivity contribution in [2.45, 2.75) is 18.1 Å². The molecule has 1 aromatic carbocycles. The van der Waals surface area contributed by atoms with E-state index in [1.165, 1.54) is 38.4 Å². The van der Waals surface area contributed by atoms with Crippen LogP contribution in [0.3, 0.4) is 0 Å². The Balaban J connectivity index is 2.02.